The van der Waals surface area contributed by atoms with Gasteiger partial charge in [0, 0.05) is 12.2 Å². The molecule has 0 aliphatic carbocycles. The van der Waals surface area contributed by atoms with Crippen molar-refractivity contribution in [3.8, 4) is 0 Å². The molecule has 3 heteroatoms. The van der Waals surface area contributed by atoms with Crippen LogP contribution in [0.3, 0.4) is 0 Å². The fourth-order valence-electron chi connectivity index (χ4n) is 1.76. The van der Waals surface area contributed by atoms with Crippen LogP contribution in [0.2, 0.25) is 0 Å². The predicted octanol–water partition coefficient (Wildman–Crippen LogP) is 2.95. The van der Waals surface area contributed by atoms with Gasteiger partial charge in [-0.15, -0.1) is 0 Å². The summed E-state index contributed by atoms with van der Waals surface area (Å²) < 4.78 is 11.1. The Morgan fingerprint density at radius 2 is 2.31 bits per heavy atom. The number of ether oxygens (including phenoxy) is 1. The highest BCUT2D eigenvalue weighted by molar-refractivity contribution is 5.15. The highest BCUT2D eigenvalue weighted by Crippen LogP contribution is 2.13. The van der Waals surface area contributed by atoms with Gasteiger partial charge in [0.2, 0.25) is 0 Å². The third kappa shape index (κ3) is 4.37. The Balaban J connectivity index is 2.28. The first-order valence-corrected chi connectivity index (χ1v) is 6.05. The van der Waals surface area contributed by atoms with E-state index in [2.05, 4.69) is 19.2 Å². The SMILES string of the molecule is CCCC(C)COCc1ccoc1CNC. The zero-order valence-electron chi connectivity index (χ0n) is 10.6. The summed E-state index contributed by atoms with van der Waals surface area (Å²) in [5.74, 6) is 1.62. The molecular weight excluding hydrogens is 202 g/mol. The van der Waals surface area contributed by atoms with Crippen molar-refractivity contribution in [3.05, 3.63) is 23.7 Å². The summed E-state index contributed by atoms with van der Waals surface area (Å²) in [6.45, 7) is 6.68. The van der Waals surface area contributed by atoms with Crippen LogP contribution in [0.4, 0.5) is 0 Å². The zero-order chi connectivity index (χ0) is 11.8. The predicted molar refractivity (Wildman–Crippen MR) is 65.2 cm³/mol. The monoisotopic (exact) mass is 225 g/mol. The topological polar surface area (TPSA) is 34.4 Å². The molecule has 0 radical (unpaired) electrons. The largest absolute Gasteiger partial charge is 0.468 e. The van der Waals surface area contributed by atoms with E-state index in [0.29, 0.717) is 12.5 Å². The molecule has 0 amide bonds. The normalized spacial score (nSPS) is 12.9. The van der Waals surface area contributed by atoms with Gasteiger partial charge in [-0.1, -0.05) is 20.3 Å². The van der Waals surface area contributed by atoms with Crippen molar-refractivity contribution in [2.75, 3.05) is 13.7 Å². The molecule has 0 saturated heterocycles. The third-order valence-electron chi connectivity index (χ3n) is 2.62. The molecule has 1 rings (SSSR count). The van der Waals surface area contributed by atoms with Gasteiger partial charge in [-0.3, -0.25) is 0 Å². The number of furan rings is 1. The van der Waals surface area contributed by atoms with Gasteiger partial charge in [0.25, 0.3) is 0 Å². The molecule has 1 aromatic rings. The molecule has 0 aromatic carbocycles. The Labute approximate surface area is 98.2 Å². The Hall–Kier alpha value is -0.800. The summed E-state index contributed by atoms with van der Waals surface area (Å²) >= 11 is 0. The molecule has 0 fully saturated rings. The van der Waals surface area contributed by atoms with Gasteiger partial charge in [-0.05, 0) is 25.5 Å². The molecule has 16 heavy (non-hydrogen) atoms. The van der Waals surface area contributed by atoms with Crippen LogP contribution in [0.1, 0.15) is 38.0 Å². The number of nitrogens with one attached hydrogen (secondary N) is 1. The fourth-order valence-corrected chi connectivity index (χ4v) is 1.76. The second kappa shape index (κ2) is 7.47. The molecule has 0 aliphatic heterocycles. The van der Waals surface area contributed by atoms with Crippen molar-refractivity contribution < 1.29 is 9.15 Å². The van der Waals surface area contributed by atoms with E-state index in [9.17, 15) is 0 Å². The first-order valence-electron chi connectivity index (χ1n) is 6.05. The molecule has 1 N–H and O–H groups in total. The maximum atomic E-state index is 5.69. The molecule has 0 saturated carbocycles. The summed E-state index contributed by atoms with van der Waals surface area (Å²) in [5, 5.41) is 3.08. The smallest absolute Gasteiger partial charge is 0.123 e. The first-order chi connectivity index (χ1) is 7.77. The molecule has 3 nitrogen and oxygen atoms in total. The van der Waals surface area contributed by atoms with Gasteiger partial charge in [-0.2, -0.15) is 0 Å². The van der Waals surface area contributed by atoms with Gasteiger partial charge >= 0.3 is 0 Å². The number of hydrogen-bond donors (Lipinski definition) is 1. The fraction of sp³-hybridized carbons (Fsp3) is 0.692. The van der Waals surface area contributed by atoms with Gasteiger partial charge < -0.3 is 14.5 Å². The second-order valence-corrected chi connectivity index (χ2v) is 4.31. The van der Waals surface area contributed by atoms with Crippen molar-refractivity contribution in [2.24, 2.45) is 5.92 Å². The molecule has 1 unspecified atom stereocenters. The minimum atomic E-state index is 0.643. The Morgan fingerprint density at radius 3 is 3.00 bits per heavy atom. The van der Waals surface area contributed by atoms with Gasteiger partial charge in [0.05, 0.1) is 19.4 Å². The first kappa shape index (κ1) is 13.3. The van der Waals surface area contributed by atoms with E-state index in [1.54, 1.807) is 6.26 Å². The molecule has 0 aliphatic rings. The van der Waals surface area contributed by atoms with Crippen molar-refractivity contribution >= 4 is 0 Å². The number of hydrogen-bond acceptors (Lipinski definition) is 3. The zero-order valence-corrected chi connectivity index (χ0v) is 10.6. The lowest BCUT2D eigenvalue weighted by Gasteiger charge is -2.10. The summed E-state index contributed by atoms with van der Waals surface area (Å²) in [5.41, 5.74) is 1.15. The van der Waals surface area contributed by atoms with E-state index >= 15 is 0 Å². The van der Waals surface area contributed by atoms with E-state index in [4.69, 9.17) is 9.15 Å². The molecule has 92 valence electrons. The highest BCUT2D eigenvalue weighted by atomic mass is 16.5. The maximum absolute atomic E-state index is 5.69. The van der Waals surface area contributed by atoms with Gasteiger partial charge in [-0.25, -0.2) is 0 Å². The standard InChI is InChI=1S/C13H23NO2/c1-4-5-11(2)9-15-10-12-6-7-16-13(12)8-14-3/h6-7,11,14H,4-5,8-10H2,1-3H3. The van der Waals surface area contributed by atoms with Crippen molar-refractivity contribution in [1.82, 2.24) is 5.32 Å². The van der Waals surface area contributed by atoms with Gasteiger partial charge in [0.15, 0.2) is 0 Å². The van der Waals surface area contributed by atoms with E-state index < -0.39 is 0 Å². The second-order valence-electron chi connectivity index (χ2n) is 4.31. The highest BCUT2D eigenvalue weighted by Gasteiger charge is 2.06. The third-order valence-corrected chi connectivity index (χ3v) is 2.62. The number of rotatable bonds is 8. The van der Waals surface area contributed by atoms with Crippen LogP contribution in [0, 0.1) is 5.92 Å². The molecule has 1 heterocycles. The molecule has 0 spiro atoms. The van der Waals surface area contributed by atoms with Gasteiger partial charge in [0.1, 0.15) is 5.76 Å². The van der Waals surface area contributed by atoms with Crippen LogP contribution >= 0.6 is 0 Å². The molecule has 0 bridgehead atoms. The quantitative estimate of drug-likeness (QED) is 0.738. The molecular formula is C13H23NO2. The van der Waals surface area contributed by atoms with Crippen molar-refractivity contribution in [2.45, 2.75) is 39.8 Å². The van der Waals surface area contributed by atoms with Crippen molar-refractivity contribution in [1.29, 1.82) is 0 Å². The average Bonchev–Trinajstić information content (AvgIpc) is 2.67. The van der Waals surface area contributed by atoms with E-state index in [1.165, 1.54) is 12.8 Å². The van der Waals surface area contributed by atoms with Crippen LogP contribution in [-0.4, -0.2) is 13.7 Å². The molecule has 1 aromatic heterocycles. The van der Waals surface area contributed by atoms with Crippen LogP contribution < -0.4 is 5.32 Å². The summed E-state index contributed by atoms with van der Waals surface area (Å²) in [4.78, 5) is 0. The van der Waals surface area contributed by atoms with E-state index in [-0.39, 0.29) is 0 Å². The van der Waals surface area contributed by atoms with Crippen LogP contribution in [0.25, 0.3) is 0 Å². The van der Waals surface area contributed by atoms with Crippen LogP contribution in [-0.2, 0) is 17.9 Å². The summed E-state index contributed by atoms with van der Waals surface area (Å²) in [6.07, 6.45) is 4.18. The van der Waals surface area contributed by atoms with E-state index in [1.807, 2.05) is 13.1 Å². The lowest BCUT2D eigenvalue weighted by molar-refractivity contribution is 0.0883. The minimum absolute atomic E-state index is 0.643. The van der Waals surface area contributed by atoms with E-state index in [0.717, 1.165) is 24.5 Å². The summed E-state index contributed by atoms with van der Waals surface area (Å²) in [7, 11) is 1.91. The van der Waals surface area contributed by atoms with Crippen LogP contribution in [0.5, 0.6) is 0 Å². The van der Waals surface area contributed by atoms with Crippen molar-refractivity contribution in [3.63, 3.8) is 0 Å². The lowest BCUT2D eigenvalue weighted by Crippen LogP contribution is -2.09. The Morgan fingerprint density at radius 1 is 1.50 bits per heavy atom. The molecule has 1 atom stereocenters. The minimum Gasteiger partial charge on any atom is -0.468 e. The summed E-state index contributed by atoms with van der Waals surface area (Å²) in [6, 6.07) is 1.98. The van der Waals surface area contributed by atoms with Crippen LogP contribution in [0.15, 0.2) is 16.7 Å². The Kier molecular flexibility index (Phi) is 6.19. The average molecular weight is 225 g/mol. The lowest BCUT2D eigenvalue weighted by atomic mass is 10.1. The Bertz CT molecular complexity index is 283. The maximum Gasteiger partial charge on any atom is 0.123 e.